The lowest BCUT2D eigenvalue weighted by Crippen LogP contribution is -2.17. The van der Waals surface area contributed by atoms with Gasteiger partial charge in [0, 0.05) is 29.1 Å². The zero-order chi connectivity index (χ0) is 14.7. The smallest absolute Gasteiger partial charge is 0.159 e. The minimum atomic E-state index is 0.00667. The second-order valence-corrected chi connectivity index (χ2v) is 5.87. The molecule has 0 amide bonds. The lowest BCUT2D eigenvalue weighted by atomic mass is 10.1. The maximum atomic E-state index is 11.4. The summed E-state index contributed by atoms with van der Waals surface area (Å²) in [5, 5.41) is 9.90. The number of Topliss-reactive ketones (excluding diaryl/α,β-unsaturated/α-hetero) is 1. The second-order valence-electron chi connectivity index (χ2n) is 4.93. The van der Waals surface area contributed by atoms with Crippen molar-refractivity contribution in [1.29, 1.82) is 0 Å². The first-order valence-corrected chi connectivity index (χ1v) is 7.25. The summed E-state index contributed by atoms with van der Waals surface area (Å²) in [4.78, 5) is 18.9. The molecule has 0 saturated heterocycles. The molecule has 0 fully saturated rings. The van der Waals surface area contributed by atoms with E-state index < -0.39 is 0 Å². The van der Waals surface area contributed by atoms with E-state index >= 15 is 0 Å². The monoisotopic (exact) mass is 290 g/mol. The Balaban J connectivity index is 2.11. The van der Waals surface area contributed by atoms with Gasteiger partial charge in [0.2, 0.25) is 0 Å². The molecule has 2 rings (SSSR count). The van der Waals surface area contributed by atoms with Crippen LogP contribution in [0.4, 0.5) is 0 Å². The Hall–Kier alpha value is -1.72. The molecule has 0 aliphatic rings. The third kappa shape index (κ3) is 3.43. The van der Waals surface area contributed by atoms with Crippen LogP contribution in [0.15, 0.2) is 23.7 Å². The van der Waals surface area contributed by atoms with Gasteiger partial charge in [-0.15, -0.1) is 11.3 Å². The van der Waals surface area contributed by atoms with Gasteiger partial charge in [-0.25, -0.2) is 4.98 Å². The molecular weight excluding hydrogens is 272 g/mol. The topological polar surface area (TPSA) is 53.4 Å². The fourth-order valence-electron chi connectivity index (χ4n) is 2.00. The van der Waals surface area contributed by atoms with E-state index in [1.54, 1.807) is 29.5 Å². The van der Waals surface area contributed by atoms with E-state index in [1.165, 1.54) is 11.8 Å². The number of hydrogen-bond donors (Lipinski definition) is 1. The van der Waals surface area contributed by atoms with Gasteiger partial charge in [-0.05, 0) is 39.1 Å². The Morgan fingerprint density at radius 3 is 2.75 bits per heavy atom. The van der Waals surface area contributed by atoms with E-state index in [2.05, 4.69) is 9.88 Å². The highest BCUT2D eigenvalue weighted by Crippen LogP contribution is 2.22. The molecule has 0 saturated carbocycles. The Bertz CT molecular complexity index is 622. The Morgan fingerprint density at radius 2 is 2.15 bits per heavy atom. The fraction of sp³-hybridized carbons (Fsp3) is 0.333. The number of rotatable bonds is 5. The van der Waals surface area contributed by atoms with Crippen LogP contribution in [-0.2, 0) is 13.1 Å². The summed E-state index contributed by atoms with van der Waals surface area (Å²) in [6.07, 6.45) is 0. The summed E-state index contributed by atoms with van der Waals surface area (Å²) in [6.45, 7) is 4.89. The quantitative estimate of drug-likeness (QED) is 0.860. The molecule has 106 valence electrons. The summed E-state index contributed by atoms with van der Waals surface area (Å²) >= 11 is 1.63. The predicted molar refractivity (Wildman–Crippen MR) is 80.1 cm³/mol. The van der Waals surface area contributed by atoms with Crippen molar-refractivity contribution in [3.05, 3.63) is 45.4 Å². The van der Waals surface area contributed by atoms with Crippen molar-refractivity contribution in [3.8, 4) is 5.75 Å². The predicted octanol–water partition coefficient (Wildman–Crippen LogP) is 2.99. The first-order valence-electron chi connectivity index (χ1n) is 6.37. The second kappa shape index (κ2) is 6.15. The fourth-order valence-corrected chi connectivity index (χ4v) is 2.86. The van der Waals surface area contributed by atoms with Crippen LogP contribution in [-0.4, -0.2) is 27.8 Å². The summed E-state index contributed by atoms with van der Waals surface area (Å²) in [7, 11) is 1.99. The highest BCUT2D eigenvalue weighted by molar-refractivity contribution is 7.09. The highest BCUT2D eigenvalue weighted by atomic mass is 32.1. The van der Waals surface area contributed by atoms with E-state index in [0.29, 0.717) is 12.1 Å². The van der Waals surface area contributed by atoms with Gasteiger partial charge in [-0.3, -0.25) is 9.69 Å². The molecule has 0 unspecified atom stereocenters. The number of ketones is 1. The molecule has 20 heavy (non-hydrogen) atoms. The number of aromatic hydroxyl groups is 1. The van der Waals surface area contributed by atoms with Crippen molar-refractivity contribution in [1.82, 2.24) is 9.88 Å². The molecule has 1 N–H and O–H groups in total. The van der Waals surface area contributed by atoms with Crippen LogP contribution in [0.2, 0.25) is 0 Å². The van der Waals surface area contributed by atoms with Gasteiger partial charge in [-0.1, -0.05) is 0 Å². The number of phenols is 1. The van der Waals surface area contributed by atoms with Crippen LogP contribution in [0.5, 0.6) is 5.75 Å². The molecule has 2 aromatic rings. The third-order valence-electron chi connectivity index (χ3n) is 3.18. The lowest BCUT2D eigenvalue weighted by molar-refractivity contribution is 0.101. The molecule has 1 aromatic carbocycles. The Morgan fingerprint density at radius 1 is 1.40 bits per heavy atom. The van der Waals surface area contributed by atoms with Gasteiger partial charge < -0.3 is 5.11 Å². The number of aryl methyl sites for hydroxylation is 1. The van der Waals surface area contributed by atoms with Gasteiger partial charge in [0.25, 0.3) is 0 Å². The third-order valence-corrected chi connectivity index (χ3v) is 4.10. The normalized spacial score (nSPS) is 11.0. The van der Waals surface area contributed by atoms with E-state index in [1.807, 2.05) is 19.5 Å². The lowest BCUT2D eigenvalue weighted by Gasteiger charge is -2.17. The molecular formula is C15H18N2O2S. The maximum Gasteiger partial charge on any atom is 0.159 e. The molecule has 0 bridgehead atoms. The summed E-state index contributed by atoms with van der Waals surface area (Å²) < 4.78 is 0. The maximum absolute atomic E-state index is 11.4. The van der Waals surface area contributed by atoms with Crippen molar-refractivity contribution in [2.45, 2.75) is 26.9 Å². The minimum Gasteiger partial charge on any atom is -0.508 e. The van der Waals surface area contributed by atoms with Gasteiger partial charge in [-0.2, -0.15) is 0 Å². The van der Waals surface area contributed by atoms with E-state index in [-0.39, 0.29) is 11.5 Å². The first kappa shape index (κ1) is 14.7. The first-order chi connectivity index (χ1) is 9.47. The van der Waals surface area contributed by atoms with Crippen molar-refractivity contribution >= 4 is 17.1 Å². The molecule has 0 radical (unpaired) electrons. The number of nitrogens with zero attached hydrogens (tertiary/aromatic N) is 2. The standard InChI is InChI=1S/C15H18N2O2S/c1-10-15(20-9-16-10)8-17(3)7-13-6-12(11(2)18)4-5-14(13)19/h4-6,9,19H,7-8H2,1-3H3. The summed E-state index contributed by atoms with van der Waals surface area (Å²) in [5.74, 6) is 0.232. The van der Waals surface area contributed by atoms with Crippen LogP contribution < -0.4 is 0 Å². The van der Waals surface area contributed by atoms with Crippen LogP contribution in [0.25, 0.3) is 0 Å². The molecule has 0 aliphatic heterocycles. The number of carbonyl (C=O) groups excluding carboxylic acids is 1. The van der Waals surface area contributed by atoms with Gasteiger partial charge in [0.1, 0.15) is 5.75 Å². The molecule has 1 heterocycles. The number of aromatic nitrogens is 1. The molecule has 0 aliphatic carbocycles. The number of phenolic OH excluding ortho intramolecular Hbond substituents is 1. The van der Waals surface area contributed by atoms with Crippen molar-refractivity contribution in [3.63, 3.8) is 0 Å². The van der Waals surface area contributed by atoms with E-state index in [4.69, 9.17) is 0 Å². The zero-order valence-electron chi connectivity index (χ0n) is 11.9. The van der Waals surface area contributed by atoms with E-state index in [9.17, 15) is 9.90 Å². The van der Waals surface area contributed by atoms with Crippen molar-refractivity contribution in [2.24, 2.45) is 0 Å². The highest BCUT2D eigenvalue weighted by Gasteiger charge is 2.10. The average Bonchev–Trinajstić information content (AvgIpc) is 2.77. The average molecular weight is 290 g/mol. The van der Waals surface area contributed by atoms with Gasteiger partial charge >= 0.3 is 0 Å². The number of thiazole rings is 1. The molecule has 5 heteroatoms. The van der Waals surface area contributed by atoms with Gasteiger partial charge in [0.05, 0.1) is 11.2 Å². The Kier molecular flexibility index (Phi) is 4.52. The minimum absolute atomic E-state index is 0.00667. The largest absolute Gasteiger partial charge is 0.508 e. The Labute approximate surface area is 122 Å². The van der Waals surface area contributed by atoms with Crippen LogP contribution in [0, 0.1) is 6.92 Å². The van der Waals surface area contributed by atoms with Crippen molar-refractivity contribution < 1.29 is 9.90 Å². The van der Waals surface area contributed by atoms with Crippen LogP contribution in [0.1, 0.15) is 33.4 Å². The SMILES string of the molecule is CC(=O)c1ccc(O)c(CN(C)Cc2scnc2C)c1. The summed E-state index contributed by atoms with van der Waals surface area (Å²) in [6, 6.07) is 4.99. The molecule has 0 atom stereocenters. The molecule has 0 spiro atoms. The summed E-state index contributed by atoms with van der Waals surface area (Å²) in [5.41, 5.74) is 4.28. The van der Waals surface area contributed by atoms with E-state index in [0.717, 1.165) is 17.8 Å². The van der Waals surface area contributed by atoms with Crippen LogP contribution in [0.3, 0.4) is 0 Å². The zero-order valence-corrected chi connectivity index (χ0v) is 12.7. The van der Waals surface area contributed by atoms with Crippen LogP contribution >= 0.6 is 11.3 Å². The number of carbonyl (C=O) groups is 1. The van der Waals surface area contributed by atoms with Crippen molar-refractivity contribution in [2.75, 3.05) is 7.05 Å². The number of benzene rings is 1. The molecule has 1 aromatic heterocycles. The number of hydrogen-bond acceptors (Lipinski definition) is 5. The van der Waals surface area contributed by atoms with Gasteiger partial charge in [0.15, 0.2) is 5.78 Å². The molecule has 4 nitrogen and oxygen atoms in total.